The average Bonchev–Trinajstić information content (AvgIpc) is 2.70. The van der Waals surface area contributed by atoms with E-state index in [1.165, 1.54) is 0 Å². The third-order valence-corrected chi connectivity index (χ3v) is 3.01. The second-order valence-corrected chi connectivity index (χ2v) is 4.10. The summed E-state index contributed by atoms with van der Waals surface area (Å²) in [4.78, 5) is 14.0. The SMILES string of the molecule is C[C@@H]1COCCN1C(=O)[C@H]1CCCN1. The first-order chi connectivity index (χ1) is 6.79. The van der Waals surface area contributed by atoms with Crippen LogP contribution in [0.2, 0.25) is 0 Å². The van der Waals surface area contributed by atoms with Crippen molar-refractivity contribution in [3.63, 3.8) is 0 Å². The molecule has 1 N–H and O–H groups in total. The molecule has 4 heteroatoms. The van der Waals surface area contributed by atoms with Crippen LogP contribution in [-0.2, 0) is 9.53 Å². The zero-order valence-corrected chi connectivity index (χ0v) is 8.66. The van der Waals surface area contributed by atoms with Gasteiger partial charge < -0.3 is 15.0 Å². The highest BCUT2D eigenvalue weighted by Gasteiger charge is 2.30. The predicted octanol–water partition coefficient (Wildman–Crippen LogP) is -0.0143. The van der Waals surface area contributed by atoms with Gasteiger partial charge >= 0.3 is 0 Å². The zero-order valence-electron chi connectivity index (χ0n) is 8.66. The molecule has 0 bridgehead atoms. The number of morpholine rings is 1. The van der Waals surface area contributed by atoms with Crippen LogP contribution in [0.15, 0.2) is 0 Å². The second-order valence-electron chi connectivity index (χ2n) is 4.10. The summed E-state index contributed by atoms with van der Waals surface area (Å²) in [7, 11) is 0. The summed E-state index contributed by atoms with van der Waals surface area (Å²) in [6.07, 6.45) is 2.11. The number of hydrogen-bond acceptors (Lipinski definition) is 3. The molecule has 0 saturated carbocycles. The molecule has 0 unspecified atom stereocenters. The third kappa shape index (κ3) is 1.91. The summed E-state index contributed by atoms with van der Waals surface area (Å²) in [6.45, 7) is 5.14. The molecule has 2 rings (SSSR count). The highest BCUT2D eigenvalue weighted by atomic mass is 16.5. The van der Waals surface area contributed by atoms with E-state index in [4.69, 9.17) is 4.74 Å². The van der Waals surface area contributed by atoms with Crippen molar-refractivity contribution in [1.82, 2.24) is 10.2 Å². The minimum absolute atomic E-state index is 0.0653. The molecule has 2 saturated heterocycles. The Hall–Kier alpha value is -0.610. The third-order valence-electron chi connectivity index (χ3n) is 3.01. The summed E-state index contributed by atoms with van der Waals surface area (Å²) in [5.74, 6) is 0.262. The summed E-state index contributed by atoms with van der Waals surface area (Å²) >= 11 is 0. The summed E-state index contributed by atoms with van der Waals surface area (Å²) < 4.78 is 5.31. The quantitative estimate of drug-likeness (QED) is 0.644. The van der Waals surface area contributed by atoms with Crippen molar-refractivity contribution in [3.8, 4) is 0 Å². The van der Waals surface area contributed by atoms with Crippen molar-refractivity contribution in [3.05, 3.63) is 0 Å². The van der Waals surface area contributed by atoms with Gasteiger partial charge in [-0.15, -0.1) is 0 Å². The van der Waals surface area contributed by atoms with Gasteiger partial charge in [-0.05, 0) is 26.3 Å². The average molecular weight is 198 g/mol. The standard InChI is InChI=1S/C10H18N2O2/c1-8-7-14-6-5-12(8)10(13)9-3-2-4-11-9/h8-9,11H,2-7H2,1H3/t8-,9-/m1/s1. The van der Waals surface area contributed by atoms with E-state index in [0.29, 0.717) is 13.2 Å². The first kappa shape index (κ1) is 9.93. The molecule has 0 radical (unpaired) electrons. The van der Waals surface area contributed by atoms with E-state index in [1.54, 1.807) is 0 Å². The van der Waals surface area contributed by atoms with Crippen LogP contribution in [0, 0.1) is 0 Å². The van der Waals surface area contributed by atoms with Crippen LogP contribution in [0.3, 0.4) is 0 Å². The molecule has 80 valence electrons. The van der Waals surface area contributed by atoms with Crippen LogP contribution < -0.4 is 5.32 Å². The Kier molecular flexibility index (Phi) is 3.03. The maximum Gasteiger partial charge on any atom is 0.240 e. The summed E-state index contributed by atoms with van der Waals surface area (Å²) in [5.41, 5.74) is 0. The Labute approximate surface area is 84.6 Å². The Bertz CT molecular complexity index is 214. The van der Waals surface area contributed by atoms with Gasteiger partial charge in [0, 0.05) is 6.54 Å². The predicted molar refractivity (Wildman–Crippen MR) is 53.0 cm³/mol. The smallest absolute Gasteiger partial charge is 0.240 e. The van der Waals surface area contributed by atoms with Gasteiger partial charge in [-0.1, -0.05) is 0 Å². The van der Waals surface area contributed by atoms with Crippen molar-refractivity contribution >= 4 is 5.91 Å². The molecule has 0 aromatic carbocycles. The van der Waals surface area contributed by atoms with Gasteiger partial charge in [-0.3, -0.25) is 4.79 Å². The van der Waals surface area contributed by atoms with Gasteiger partial charge in [-0.25, -0.2) is 0 Å². The first-order valence-electron chi connectivity index (χ1n) is 5.40. The maximum absolute atomic E-state index is 12.0. The first-order valence-corrected chi connectivity index (χ1v) is 5.40. The minimum atomic E-state index is 0.0653. The number of nitrogens with one attached hydrogen (secondary N) is 1. The van der Waals surface area contributed by atoms with Gasteiger partial charge in [0.25, 0.3) is 0 Å². The van der Waals surface area contributed by atoms with Crippen LogP contribution in [0.1, 0.15) is 19.8 Å². The number of nitrogens with zero attached hydrogens (tertiary/aromatic N) is 1. The van der Waals surface area contributed by atoms with Crippen LogP contribution in [0.25, 0.3) is 0 Å². The number of hydrogen-bond donors (Lipinski definition) is 1. The van der Waals surface area contributed by atoms with Crippen molar-refractivity contribution < 1.29 is 9.53 Å². The molecule has 2 aliphatic heterocycles. The van der Waals surface area contributed by atoms with E-state index in [2.05, 4.69) is 5.32 Å². The van der Waals surface area contributed by atoms with Gasteiger partial charge in [-0.2, -0.15) is 0 Å². The van der Waals surface area contributed by atoms with Crippen molar-refractivity contribution in [2.45, 2.75) is 31.8 Å². The lowest BCUT2D eigenvalue weighted by Crippen LogP contribution is -2.52. The molecule has 14 heavy (non-hydrogen) atoms. The van der Waals surface area contributed by atoms with E-state index >= 15 is 0 Å². The summed E-state index contributed by atoms with van der Waals surface area (Å²) in [6, 6.07) is 0.300. The lowest BCUT2D eigenvalue weighted by Gasteiger charge is -2.35. The minimum Gasteiger partial charge on any atom is -0.377 e. The Morgan fingerprint density at radius 2 is 2.43 bits per heavy atom. The normalized spacial score (nSPS) is 33.4. The number of carbonyl (C=O) groups is 1. The van der Waals surface area contributed by atoms with E-state index in [-0.39, 0.29) is 18.0 Å². The van der Waals surface area contributed by atoms with Gasteiger partial charge in [0.1, 0.15) is 0 Å². The van der Waals surface area contributed by atoms with Gasteiger partial charge in [0.05, 0.1) is 25.3 Å². The molecule has 2 atom stereocenters. The van der Waals surface area contributed by atoms with Crippen LogP contribution >= 0.6 is 0 Å². The molecule has 0 spiro atoms. The summed E-state index contributed by atoms with van der Waals surface area (Å²) in [5, 5.41) is 3.24. The van der Waals surface area contributed by atoms with Crippen molar-refractivity contribution in [1.29, 1.82) is 0 Å². The molecule has 2 heterocycles. The van der Waals surface area contributed by atoms with Crippen LogP contribution in [0.5, 0.6) is 0 Å². The Morgan fingerprint density at radius 1 is 1.57 bits per heavy atom. The van der Waals surface area contributed by atoms with E-state index in [0.717, 1.165) is 25.9 Å². The number of rotatable bonds is 1. The fourth-order valence-electron chi connectivity index (χ4n) is 2.15. The maximum atomic E-state index is 12.0. The highest BCUT2D eigenvalue weighted by molar-refractivity contribution is 5.82. The van der Waals surface area contributed by atoms with Crippen LogP contribution in [-0.4, -0.2) is 49.2 Å². The van der Waals surface area contributed by atoms with Gasteiger partial charge in [0.15, 0.2) is 0 Å². The number of amides is 1. The highest BCUT2D eigenvalue weighted by Crippen LogP contribution is 2.13. The molecule has 0 aromatic rings. The Balaban J connectivity index is 1.94. The molecule has 1 amide bonds. The van der Waals surface area contributed by atoms with E-state index < -0.39 is 0 Å². The van der Waals surface area contributed by atoms with Crippen molar-refractivity contribution in [2.24, 2.45) is 0 Å². The molecule has 0 aromatic heterocycles. The fourth-order valence-corrected chi connectivity index (χ4v) is 2.15. The second kappa shape index (κ2) is 4.28. The van der Waals surface area contributed by atoms with E-state index in [9.17, 15) is 4.79 Å². The van der Waals surface area contributed by atoms with Crippen molar-refractivity contribution in [2.75, 3.05) is 26.3 Å². The molecular weight excluding hydrogens is 180 g/mol. The Morgan fingerprint density at radius 3 is 3.07 bits per heavy atom. The molecule has 2 fully saturated rings. The van der Waals surface area contributed by atoms with Gasteiger partial charge in [0.2, 0.25) is 5.91 Å². The van der Waals surface area contributed by atoms with E-state index in [1.807, 2.05) is 11.8 Å². The molecule has 2 aliphatic rings. The fraction of sp³-hybridized carbons (Fsp3) is 0.900. The largest absolute Gasteiger partial charge is 0.377 e. The monoisotopic (exact) mass is 198 g/mol. The zero-order chi connectivity index (χ0) is 9.97. The molecule has 0 aliphatic carbocycles. The lowest BCUT2D eigenvalue weighted by molar-refractivity contribution is -0.141. The number of ether oxygens (including phenoxy) is 1. The number of carbonyl (C=O) groups excluding carboxylic acids is 1. The van der Waals surface area contributed by atoms with Crippen LogP contribution in [0.4, 0.5) is 0 Å². The lowest BCUT2D eigenvalue weighted by atomic mass is 10.1. The molecular formula is C10H18N2O2. The topological polar surface area (TPSA) is 41.6 Å². The molecule has 4 nitrogen and oxygen atoms in total.